The predicted octanol–water partition coefficient (Wildman–Crippen LogP) is -0.0436. The molecule has 1 aromatic carbocycles. The number of aliphatic hydroxyl groups is 2. The molecule has 1 rings (SSSR count). The molecule has 4 N–H and O–H groups in total. The number of methoxy groups -OCH3 is 1. The van der Waals surface area contributed by atoms with Gasteiger partial charge in [-0.3, -0.25) is 10.1 Å². The summed E-state index contributed by atoms with van der Waals surface area (Å²) in [6, 6.07) is 4.13. The van der Waals surface area contributed by atoms with Crippen LogP contribution < -0.4 is 10.5 Å². The Morgan fingerprint density at radius 2 is 2.18 bits per heavy atom. The largest absolute Gasteiger partial charge is 0.496 e. The molecular weight excluding hydrogens is 228 g/mol. The van der Waals surface area contributed by atoms with E-state index in [1.54, 1.807) is 0 Å². The van der Waals surface area contributed by atoms with Crippen molar-refractivity contribution in [2.45, 2.75) is 12.2 Å². The zero-order valence-corrected chi connectivity index (χ0v) is 9.24. The Kier molecular flexibility index (Phi) is 4.38. The molecule has 1 aromatic rings. The highest BCUT2D eigenvalue weighted by molar-refractivity contribution is 5.51. The van der Waals surface area contributed by atoms with E-state index in [1.165, 1.54) is 25.3 Å². The third-order valence-corrected chi connectivity index (χ3v) is 2.36. The molecule has 2 atom stereocenters. The van der Waals surface area contributed by atoms with Crippen molar-refractivity contribution in [3.05, 3.63) is 33.9 Å². The van der Waals surface area contributed by atoms with Crippen LogP contribution in [0.4, 0.5) is 5.69 Å². The van der Waals surface area contributed by atoms with E-state index in [9.17, 15) is 20.3 Å². The van der Waals surface area contributed by atoms with Gasteiger partial charge in [0.2, 0.25) is 0 Å². The smallest absolute Gasteiger partial charge is 0.279 e. The van der Waals surface area contributed by atoms with Gasteiger partial charge < -0.3 is 20.7 Å². The minimum atomic E-state index is -1.46. The molecule has 2 unspecified atom stereocenters. The van der Waals surface area contributed by atoms with Gasteiger partial charge >= 0.3 is 0 Å². The number of rotatable bonds is 5. The number of ether oxygens (including phenoxy) is 1. The maximum Gasteiger partial charge on any atom is 0.279 e. The molecule has 7 nitrogen and oxygen atoms in total. The lowest BCUT2D eigenvalue weighted by Crippen LogP contribution is -2.28. The van der Waals surface area contributed by atoms with Crippen molar-refractivity contribution in [2.75, 3.05) is 13.7 Å². The van der Waals surface area contributed by atoms with Gasteiger partial charge in [0.15, 0.2) is 0 Å². The molecule has 94 valence electrons. The highest BCUT2D eigenvalue weighted by Crippen LogP contribution is 2.35. The van der Waals surface area contributed by atoms with Crippen LogP contribution in [0, 0.1) is 10.1 Å². The second kappa shape index (κ2) is 5.58. The van der Waals surface area contributed by atoms with Gasteiger partial charge in [-0.15, -0.1) is 0 Å². The molecule has 0 saturated heterocycles. The molecule has 0 aliphatic heterocycles. The van der Waals surface area contributed by atoms with Gasteiger partial charge in [-0.25, -0.2) is 0 Å². The van der Waals surface area contributed by atoms with Crippen molar-refractivity contribution in [3.8, 4) is 5.75 Å². The minimum Gasteiger partial charge on any atom is -0.496 e. The normalized spacial score (nSPS) is 14.1. The number of nitro benzene ring substituents is 1. The van der Waals surface area contributed by atoms with E-state index in [0.29, 0.717) is 0 Å². The fraction of sp³-hybridized carbons (Fsp3) is 0.400. The van der Waals surface area contributed by atoms with Crippen molar-refractivity contribution < 1.29 is 19.9 Å². The van der Waals surface area contributed by atoms with Gasteiger partial charge in [0.1, 0.15) is 17.4 Å². The summed E-state index contributed by atoms with van der Waals surface area (Å²) in [4.78, 5) is 10.2. The summed E-state index contributed by atoms with van der Waals surface area (Å²) >= 11 is 0. The highest BCUT2D eigenvalue weighted by Gasteiger charge is 2.29. The van der Waals surface area contributed by atoms with Crippen LogP contribution >= 0.6 is 0 Å². The highest BCUT2D eigenvalue weighted by atomic mass is 16.6. The zero-order chi connectivity index (χ0) is 13.0. The van der Waals surface area contributed by atoms with Gasteiger partial charge in [0.05, 0.1) is 18.1 Å². The second-order valence-electron chi connectivity index (χ2n) is 3.40. The van der Waals surface area contributed by atoms with Crippen molar-refractivity contribution >= 4 is 5.69 Å². The number of nitrogens with two attached hydrogens (primary N) is 1. The Bertz CT molecular complexity index is 410. The Balaban J connectivity index is 3.31. The summed E-state index contributed by atoms with van der Waals surface area (Å²) in [7, 11) is 1.32. The quantitative estimate of drug-likeness (QED) is 0.492. The average molecular weight is 242 g/mol. The predicted molar refractivity (Wildman–Crippen MR) is 59.7 cm³/mol. The number of nitro groups is 1. The molecule has 0 bridgehead atoms. The van der Waals surface area contributed by atoms with Crippen LogP contribution in [-0.4, -0.2) is 34.9 Å². The first kappa shape index (κ1) is 13.4. The van der Waals surface area contributed by atoms with E-state index >= 15 is 0 Å². The lowest BCUT2D eigenvalue weighted by atomic mass is 10.0. The Morgan fingerprint density at radius 3 is 2.65 bits per heavy atom. The third-order valence-electron chi connectivity index (χ3n) is 2.36. The van der Waals surface area contributed by atoms with Crippen molar-refractivity contribution in [3.63, 3.8) is 0 Å². The van der Waals surface area contributed by atoms with Gasteiger partial charge in [0.25, 0.3) is 5.69 Å². The summed E-state index contributed by atoms with van der Waals surface area (Å²) in [6.45, 7) is -0.212. The standard InChI is InChI=1S/C10H14N2O5/c1-17-8-4-2-3-6(12(15)16)9(8)10(14)7(13)5-11/h2-4,7,10,13-14H,5,11H2,1H3. The van der Waals surface area contributed by atoms with Crippen LogP contribution in [0.15, 0.2) is 18.2 Å². The van der Waals surface area contributed by atoms with Gasteiger partial charge in [-0.2, -0.15) is 0 Å². The summed E-state index contributed by atoms with van der Waals surface area (Å²) < 4.78 is 4.94. The number of benzene rings is 1. The second-order valence-corrected chi connectivity index (χ2v) is 3.40. The van der Waals surface area contributed by atoms with E-state index in [0.717, 1.165) is 0 Å². The molecule has 0 aromatic heterocycles. The van der Waals surface area contributed by atoms with Crippen LogP contribution in [0.3, 0.4) is 0 Å². The molecule has 0 aliphatic carbocycles. The molecule has 0 radical (unpaired) electrons. The molecule has 0 saturated carbocycles. The molecule has 0 fully saturated rings. The van der Waals surface area contributed by atoms with Crippen LogP contribution in [0.1, 0.15) is 11.7 Å². The van der Waals surface area contributed by atoms with Gasteiger partial charge in [-0.05, 0) is 6.07 Å². The van der Waals surface area contributed by atoms with Gasteiger partial charge in [-0.1, -0.05) is 6.07 Å². The molecule has 0 aliphatic rings. The molecule has 7 heteroatoms. The number of nitrogens with zero attached hydrogens (tertiary/aromatic N) is 1. The fourth-order valence-electron chi connectivity index (χ4n) is 1.49. The fourth-order valence-corrected chi connectivity index (χ4v) is 1.49. The average Bonchev–Trinajstić information content (AvgIpc) is 2.35. The summed E-state index contributed by atoms with van der Waals surface area (Å²) in [6.07, 6.45) is -2.75. The lowest BCUT2D eigenvalue weighted by molar-refractivity contribution is -0.386. The summed E-state index contributed by atoms with van der Waals surface area (Å²) in [5.41, 5.74) is 4.82. The van der Waals surface area contributed by atoms with E-state index in [2.05, 4.69) is 0 Å². The molecule has 0 spiro atoms. The number of hydrogen-bond acceptors (Lipinski definition) is 6. The third kappa shape index (κ3) is 2.70. The van der Waals surface area contributed by atoms with E-state index in [4.69, 9.17) is 10.5 Å². The SMILES string of the molecule is COc1cccc([N+](=O)[O-])c1C(O)C(O)CN. The number of aliphatic hydroxyl groups excluding tert-OH is 2. The van der Waals surface area contributed by atoms with E-state index < -0.39 is 17.1 Å². The lowest BCUT2D eigenvalue weighted by Gasteiger charge is -2.18. The van der Waals surface area contributed by atoms with E-state index in [-0.39, 0.29) is 23.5 Å². The molecule has 0 amide bonds. The van der Waals surface area contributed by atoms with Crippen molar-refractivity contribution in [2.24, 2.45) is 5.73 Å². The summed E-state index contributed by atoms with van der Waals surface area (Å²) in [5.74, 6) is 0.138. The Hall–Kier alpha value is -1.70. The van der Waals surface area contributed by atoms with Crippen LogP contribution in [-0.2, 0) is 0 Å². The monoisotopic (exact) mass is 242 g/mol. The Morgan fingerprint density at radius 1 is 1.53 bits per heavy atom. The van der Waals surface area contributed by atoms with Crippen LogP contribution in [0.25, 0.3) is 0 Å². The van der Waals surface area contributed by atoms with Crippen LogP contribution in [0.2, 0.25) is 0 Å². The maximum absolute atomic E-state index is 10.8. The van der Waals surface area contributed by atoms with Crippen LogP contribution in [0.5, 0.6) is 5.75 Å². The van der Waals surface area contributed by atoms with Crippen molar-refractivity contribution in [1.82, 2.24) is 0 Å². The van der Waals surface area contributed by atoms with Crippen molar-refractivity contribution in [1.29, 1.82) is 0 Å². The molecule has 0 heterocycles. The van der Waals surface area contributed by atoms with E-state index in [1.807, 2.05) is 0 Å². The topological polar surface area (TPSA) is 119 Å². The first-order valence-corrected chi connectivity index (χ1v) is 4.90. The zero-order valence-electron chi connectivity index (χ0n) is 9.24. The molecule has 17 heavy (non-hydrogen) atoms. The first-order valence-electron chi connectivity index (χ1n) is 4.90. The Labute approximate surface area is 97.6 Å². The summed E-state index contributed by atoms with van der Waals surface area (Å²) in [5, 5.41) is 30.1. The maximum atomic E-state index is 10.8. The van der Waals surface area contributed by atoms with Gasteiger partial charge in [0, 0.05) is 12.6 Å². The molecular formula is C10H14N2O5. The first-order chi connectivity index (χ1) is 8.02. The minimum absolute atomic E-state index is 0.0713. The number of hydrogen-bond donors (Lipinski definition) is 3.